The van der Waals surface area contributed by atoms with Crippen LogP contribution in [-0.2, 0) is 4.79 Å². The molecule has 2 rings (SSSR count). The lowest BCUT2D eigenvalue weighted by molar-refractivity contribution is -0.116. The van der Waals surface area contributed by atoms with Crippen LogP contribution < -0.4 is 11.1 Å². The van der Waals surface area contributed by atoms with E-state index in [-0.39, 0.29) is 5.91 Å². The lowest BCUT2D eigenvalue weighted by Crippen LogP contribution is -2.29. The molecule has 3 N–H and O–H groups in total. The second kappa shape index (κ2) is 6.75. The van der Waals surface area contributed by atoms with Crippen LogP contribution in [0, 0.1) is 12.8 Å². The highest BCUT2D eigenvalue weighted by atomic mass is 16.1. The molecule has 0 atom stereocenters. The van der Waals surface area contributed by atoms with Crippen molar-refractivity contribution in [2.24, 2.45) is 5.92 Å². The van der Waals surface area contributed by atoms with E-state index in [1.807, 2.05) is 25.1 Å². The first-order chi connectivity index (χ1) is 9.58. The fourth-order valence-electron chi connectivity index (χ4n) is 2.29. The first kappa shape index (κ1) is 14.9. The van der Waals surface area contributed by atoms with Gasteiger partial charge in [0.1, 0.15) is 0 Å². The van der Waals surface area contributed by atoms with E-state index in [1.54, 1.807) is 0 Å². The monoisotopic (exact) mass is 275 g/mol. The van der Waals surface area contributed by atoms with E-state index in [0.29, 0.717) is 12.1 Å². The van der Waals surface area contributed by atoms with Crippen molar-refractivity contribution in [3.63, 3.8) is 0 Å². The van der Waals surface area contributed by atoms with Gasteiger partial charge in [0.15, 0.2) is 0 Å². The third kappa shape index (κ3) is 4.53. The third-order valence-electron chi connectivity index (χ3n) is 3.85. The van der Waals surface area contributed by atoms with E-state index in [0.717, 1.165) is 36.8 Å². The van der Waals surface area contributed by atoms with Crippen molar-refractivity contribution >= 4 is 17.3 Å². The summed E-state index contributed by atoms with van der Waals surface area (Å²) < 4.78 is 0. The Morgan fingerprint density at radius 1 is 1.45 bits per heavy atom. The maximum Gasteiger partial charge on any atom is 0.225 e. The predicted octanol–water partition coefficient (Wildman–Crippen LogP) is 2.64. The average molecular weight is 275 g/mol. The summed E-state index contributed by atoms with van der Waals surface area (Å²) in [5.74, 6) is 0.933. The number of anilines is 2. The first-order valence-electron chi connectivity index (χ1n) is 7.46. The number of benzene rings is 1. The number of nitrogens with zero attached hydrogens (tertiary/aromatic N) is 1. The topological polar surface area (TPSA) is 58.4 Å². The summed E-state index contributed by atoms with van der Waals surface area (Å²) >= 11 is 0. The highest BCUT2D eigenvalue weighted by Crippen LogP contribution is 2.29. The van der Waals surface area contributed by atoms with Crippen LogP contribution in [0.4, 0.5) is 11.4 Å². The van der Waals surface area contributed by atoms with Crippen LogP contribution in [0.1, 0.15) is 31.7 Å². The van der Waals surface area contributed by atoms with Crippen molar-refractivity contribution in [2.45, 2.75) is 33.1 Å². The van der Waals surface area contributed by atoms with Crippen molar-refractivity contribution in [1.82, 2.24) is 4.90 Å². The molecule has 4 nitrogen and oxygen atoms in total. The molecule has 1 aromatic carbocycles. The molecular weight excluding hydrogens is 250 g/mol. The fourth-order valence-corrected chi connectivity index (χ4v) is 2.29. The van der Waals surface area contributed by atoms with E-state index in [2.05, 4.69) is 17.1 Å². The molecule has 0 spiro atoms. The summed E-state index contributed by atoms with van der Waals surface area (Å²) in [6, 6.07) is 5.59. The summed E-state index contributed by atoms with van der Waals surface area (Å²) in [4.78, 5) is 14.4. The number of aryl methyl sites for hydroxylation is 1. The normalized spacial score (nSPS) is 14.6. The minimum atomic E-state index is 0.0629. The SMILES string of the molecule is CCN(CCC(=O)Nc1cc(N)ccc1C)CC1CC1. The maximum atomic E-state index is 12.0. The van der Waals surface area contributed by atoms with Crippen LogP contribution in [0.25, 0.3) is 0 Å². The standard InChI is InChI=1S/C16H25N3O/c1-3-19(11-13-5-6-13)9-8-16(20)18-15-10-14(17)7-4-12(15)2/h4,7,10,13H,3,5-6,8-9,11,17H2,1-2H3,(H,18,20). The van der Waals surface area contributed by atoms with Gasteiger partial charge in [0.2, 0.25) is 5.91 Å². The van der Waals surface area contributed by atoms with Gasteiger partial charge < -0.3 is 16.0 Å². The molecule has 0 heterocycles. The van der Waals surface area contributed by atoms with Crippen molar-refractivity contribution in [3.05, 3.63) is 23.8 Å². The minimum Gasteiger partial charge on any atom is -0.399 e. The number of nitrogens with two attached hydrogens (primary N) is 1. The molecule has 20 heavy (non-hydrogen) atoms. The van der Waals surface area contributed by atoms with Crippen molar-refractivity contribution in [1.29, 1.82) is 0 Å². The molecule has 0 aromatic heterocycles. The van der Waals surface area contributed by atoms with Crippen molar-refractivity contribution in [3.8, 4) is 0 Å². The maximum absolute atomic E-state index is 12.0. The Hall–Kier alpha value is -1.55. The summed E-state index contributed by atoms with van der Waals surface area (Å²) in [5.41, 5.74) is 8.28. The molecule has 0 aliphatic heterocycles. The number of hydrogen-bond acceptors (Lipinski definition) is 3. The van der Waals surface area contributed by atoms with Gasteiger partial charge in [-0.3, -0.25) is 4.79 Å². The van der Waals surface area contributed by atoms with Crippen LogP contribution in [0.5, 0.6) is 0 Å². The van der Waals surface area contributed by atoms with E-state index >= 15 is 0 Å². The van der Waals surface area contributed by atoms with Crippen LogP contribution in [0.15, 0.2) is 18.2 Å². The molecule has 1 aliphatic carbocycles. The molecular formula is C16H25N3O. The Morgan fingerprint density at radius 2 is 2.20 bits per heavy atom. The number of nitrogen functional groups attached to an aromatic ring is 1. The highest BCUT2D eigenvalue weighted by Gasteiger charge is 2.23. The van der Waals surface area contributed by atoms with Gasteiger partial charge in [0.05, 0.1) is 0 Å². The molecule has 0 radical (unpaired) electrons. The van der Waals surface area contributed by atoms with Gasteiger partial charge in [-0.05, 0) is 49.9 Å². The van der Waals surface area contributed by atoms with E-state index < -0.39 is 0 Å². The van der Waals surface area contributed by atoms with Gasteiger partial charge in [-0.25, -0.2) is 0 Å². The number of amides is 1. The molecule has 1 fully saturated rings. The largest absolute Gasteiger partial charge is 0.399 e. The second-order valence-electron chi connectivity index (χ2n) is 5.71. The number of carbonyl (C=O) groups excluding carboxylic acids is 1. The van der Waals surface area contributed by atoms with Gasteiger partial charge in [-0.1, -0.05) is 13.0 Å². The van der Waals surface area contributed by atoms with Gasteiger partial charge in [0, 0.05) is 30.9 Å². The summed E-state index contributed by atoms with van der Waals surface area (Å²) in [6.07, 6.45) is 3.24. The number of carbonyl (C=O) groups is 1. The average Bonchev–Trinajstić information content (AvgIpc) is 3.22. The zero-order chi connectivity index (χ0) is 14.5. The molecule has 1 amide bonds. The predicted molar refractivity (Wildman–Crippen MR) is 83.7 cm³/mol. The van der Waals surface area contributed by atoms with Crippen LogP contribution >= 0.6 is 0 Å². The number of hydrogen-bond donors (Lipinski definition) is 2. The molecule has 1 aromatic rings. The van der Waals surface area contributed by atoms with Crippen molar-refractivity contribution < 1.29 is 4.79 Å². The number of rotatable bonds is 7. The van der Waals surface area contributed by atoms with E-state index in [1.165, 1.54) is 12.8 Å². The highest BCUT2D eigenvalue weighted by molar-refractivity contribution is 5.92. The van der Waals surface area contributed by atoms with Crippen LogP contribution in [-0.4, -0.2) is 30.4 Å². The second-order valence-corrected chi connectivity index (χ2v) is 5.71. The number of nitrogens with one attached hydrogen (secondary N) is 1. The molecule has 1 saturated carbocycles. The fraction of sp³-hybridized carbons (Fsp3) is 0.562. The molecule has 0 unspecified atom stereocenters. The zero-order valence-corrected chi connectivity index (χ0v) is 12.5. The lowest BCUT2D eigenvalue weighted by atomic mass is 10.2. The Bertz CT molecular complexity index is 469. The quantitative estimate of drug-likeness (QED) is 0.752. The van der Waals surface area contributed by atoms with E-state index in [9.17, 15) is 4.79 Å². The zero-order valence-electron chi connectivity index (χ0n) is 12.5. The minimum absolute atomic E-state index is 0.0629. The van der Waals surface area contributed by atoms with E-state index in [4.69, 9.17) is 5.73 Å². The Morgan fingerprint density at radius 3 is 2.85 bits per heavy atom. The molecule has 1 aliphatic rings. The molecule has 0 saturated heterocycles. The summed E-state index contributed by atoms with van der Waals surface area (Å²) in [7, 11) is 0. The lowest BCUT2D eigenvalue weighted by Gasteiger charge is -2.19. The van der Waals surface area contributed by atoms with Crippen molar-refractivity contribution in [2.75, 3.05) is 30.7 Å². The Labute approximate surface area is 121 Å². The Balaban J connectivity index is 1.80. The van der Waals surface area contributed by atoms with Crippen LogP contribution in [0.3, 0.4) is 0 Å². The van der Waals surface area contributed by atoms with Gasteiger partial charge in [-0.15, -0.1) is 0 Å². The molecule has 0 bridgehead atoms. The molecule has 110 valence electrons. The van der Waals surface area contributed by atoms with Gasteiger partial charge in [0.25, 0.3) is 0 Å². The van der Waals surface area contributed by atoms with Gasteiger partial charge in [-0.2, -0.15) is 0 Å². The van der Waals surface area contributed by atoms with Gasteiger partial charge >= 0.3 is 0 Å². The smallest absolute Gasteiger partial charge is 0.225 e. The molecule has 4 heteroatoms. The van der Waals surface area contributed by atoms with Crippen LogP contribution in [0.2, 0.25) is 0 Å². The summed E-state index contributed by atoms with van der Waals surface area (Å²) in [6.45, 7) is 7.12. The third-order valence-corrected chi connectivity index (χ3v) is 3.85. The first-order valence-corrected chi connectivity index (χ1v) is 7.46. The Kier molecular flexibility index (Phi) is 5.01. The summed E-state index contributed by atoms with van der Waals surface area (Å²) in [5, 5.41) is 2.95.